The molecular formula is C23H28N4O2. The summed E-state index contributed by atoms with van der Waals surface area (Å²) in [6.45, 7) is 1.28. The second-order valence-electron chi connectivity index (χ2n) is 7.81. The minimum atomic E-state index is -0.586. The van der Waals surface area contributed by atoms with Crippen LogP contribution in [0.2, 0.25) is 0 Å². The Labute approximate surface area is 171 Å². The lowest BCUT2D eigenvalue weighted by Gasteiger charge is -2.25. The smallest absolute Gasteiger partial charge is 0.250 e. The number of nitrogens with zero attached hydrogens (tertiary/aromatic N) is 3. The average Bonchev–Trinajstić information content (AvgIpc) is 3.42. The zero-order chi connectivity index (χ0) is 20.1. The number of fused-ring (bicyclic) bond motifs is 1. The zero-order valence-corrected chi connectivity index (χ0v) is 16.7. The molecule has 6 nitrogen and oxygen atoms in total. The molecular weight excluding hydrogens is 364 g/mol. The minimum Gasteiger partial charge on any atom is -0.356 e. The maximum Gasteiger partial charge on any atom is 0.250 e. The molecule has 2 amide bonds. The first kappa shape index (κ1) is 19.4. The molecule has 29 heavy (non-hydrogen) atoms. The van der Waals surface area contributed by atoms with E-state index in [1.807, 2.05) is 18.2 Å². The summed E-state index contributed by atoms with van der Waals surface area (Å²) in [5, 5.41) is 3.00. The molecule has 2 aromatic rings. The average molecular weight is 393 g/mol. The topological polar surface area (TPSA) is 67.2 Å². The number of benzene rings is 1. The molecule has 0 fully saturated rings. The van der Waals surface area contributed by atoms with E-state index in [1.54, 1.807) is 28.2 Å². The first-order valence-electron chi connectivity index (χ1n) is 10.5. The number of nitrogens with one attached hydrogen (secondary N) is 1. The summed E-state index contributed by atoms with van der Waals surface area (Å²) in [7, 11) is 0. The van der Waals surface area contributed by atoms with Crippen LogP contribution < -0.4 is 10.2 Å². The van der Waals surface area contributed by atoms with Gasteiger partial charge in [0, 0.05) is 31.2 Å². The molecule has 0 unspecified atom stereocenters. The van der Waals surface area contributed by atoms with Crippen LogP contribution in [0.4, 0.5) is 5.69 Å². The van der Waals surface area contributed by atoms with E-state index in [4.69, 9.17) is 0 Å². The second-order valence-corrected chi connectivity index (χ2v) is 7.81. The Balaban J connectivity index is 1.40. The van der Waals surface area contributed by atoms with Crippen molar-refractivity contribution >= 4 is 17.5 Å². The van der Waals surface area contributed by atoms with Gasteiger partial charge in [0.1, 0.15) is 6.04 Å². The fraction of sp³-hybridized carbons (Fsp3) is 0.435. The number of allylic oxidation sites excluding steroid dienone is 1. The number of hydrogen-bond donors (Lipinski definition) is 1. The normalized spacial score (nSPS) is 16.8. The van der Waals surface area contributed by atoms with E-state index in [0.29, 0.717) is 13.1 Å². The molecule has 1 aliphatic heterocycles. The molecule has 152 valence electrons. The molecule has 1 aliphatic carbocycles. The van der Waals surface area contributed by atoms with Crippen LogP contribution in [-0.2, 0) is 16.0 Å². The highest BCUT2D eigenvalue weighted by molar-refractivity contribution is 6.00. The number of amides is 2. The van der Waals surface area contributed by atoms with Crippen molar-refractivity contribution in [2.75, 3.05) is 18.0 Å². The van der Waals surface area contributed by atoms with Gasteiger partial charge in [-0.3, -0.25) is 9.59 Å². The molecule has 2 aliphatic rings. The molecule has 2 heterocycles. The summed E-state index contributed by atoms with van der Waals surface area (Å²) < 4.78 is 1.74. The van der Waals surface area contributed by atoms with Gasteiger partial charge in [0.05, 0.1) is 12.7 Å². The van der Waals surface area contributed by atoms with E-state index in [0.717, 1.165) is 31.4 Å². The zero-order valence-electron chi connectivity index (χ0n) is 16.7. The summed E-state index contributed by atoms with van der Waals surface area (Å²) in [5.41, 5.74) is 3.56. The second kappa shape index (κ2) is 9.07. The van der Waals surface area contributed by atoms with Gasteiger partial charge in [-0.1, -0.05) is 29.8 Å². The third kappa shape index (κ3) is 4.58. The van der Waals surface area contributed by atoms with Crippen molar-refractivity contribution in [1.29, 1.82) is 0 Å². The van der Waals surface area contributed by atoms with Gasteiger partial charge >= 0.3 is 0 Å². The van der Waals surface area contributed by atoms with Gasteiger partial charge in [0.2, 0.25) is 5.91 Å². The van der Waals surface area contributed by atoms with Crippen LogP contribution >= 0.6 is 0 Å². The van der Waals surface area contributed by atoms with Gasteiger partial charge in [0.25, 0.3) is 5.91 Å². The molecule has 6 heteroatoms. The maximum absolute atomic E-state index is 13.4. The molecule has 0 bridgehead atoms. The fourth-order valence-corrected chi connectivity index (χ4v) is 4.26. The van der Waals surface area contributed by atoms with Gasteiger partial charge in [0.15, 0.2) is 0 Å². The number of para-hydroxylation sites is 1. The Hall–Kier alpha value is -2.89. The largest absolute Gasteiger partial charge is 0.356 e. The van der Waals surface area contributed by atoms with Crippen LogP contribution in [0.3, 0.4) is 0 Å². The van der Waals surface area contributed by atoms with Crippen LogP contribution in [0.15, 0.2) is 54.6 Å². The van der Waals surface area contributed by atoms with Crippen molar-refractivity contribution in [3.8, 4) is 0 Å². The predicted molar refractivity (Wildman–Crippen MR) is 113 cm³/mol. The highest BCUT2D eigenvalue weighted by atomic mass is 16.2. The number of carbonyl (C=O) groups is 2. The molecule has 0 saturated heterocycles. The SMILES string of the molecule is O=C(C[C@H](C(=O)N1CCc2ccccc21)n1ccnc1)NCCC1=CCCCC1. The van der Waals surface area contributed by atoms with Crippen LogP contribution in [0.25, 0.3) is 0 Å². The highest BCUT2D eigenvalue weighted by Gasteiger charge is 2.32. The number of hydrogen-bond acceptors (Lipinski definition) is 3. The fourth-order valence-electron chi connectivity index (χ4n) is 4.26. The highest BCUT2D eigenvalue weighted by Crippen LogP contribution is 2.30. The Kier molecular flexibility index (Phi) is 6.08. The Morgan fingerprint density at radius 3 is 2.86 bits per heavy atom. The number of anilines is 1. The summed E-state index contributed by atoms with van der Waals surface area (Å²) in [6, 6.07) is 7.39. The molecule has 0 saturated carbocycles. The lowest BCUT2D eigenvalue weighted by atomic mass is 9.97. The molecule has 1 atom stereocenters. The number of imidazole rings is 1. The summed E-state index contributed by atoms with van der Waals surface area (Å²) >= 11 is 0. The van der Waals surface area contributed by atoms with Crippen molar-refractivity contribution in [3.63, 3.8) is 0 Å². The van der Waals surface area contributed by atoms with Crippen molar-refractivity contribution in [1.82, 2.24) is 14.9 Å². The van der Waals surface area contributed by atoms with E-state index in [-0.39, 0.29) is 18.2 Å². The van der Waals surface area contributed by atoms with Gasteiger partial charge < -0.3 is 14.8 Å². The van der Waals surface area contributed by atoms with Crippen LogP contribution in [0, 0.1) is 0 Å². The van der Waals surface area contributed by atoms with E-state index in [1.165, 1.54) is 24.0 Å². The van der Waals surface area contributed by atoms with E-state index in [2.05, 4.69) is 22.4 Å². The molecule has 4 rings (SSSR count). The maximum atomic E-state index is 13.4. The molecule has 1 aromatic carbocycles. The van der Waals surface area contributed by atoms with E-state index in [9.17, 15) is 9.59 Å². The Morgan fingerprint density at radius 1 is 1.17 bits per heavy atom. The van der Waals surface area contributed by atoms with Gasteiger partial charge in [-0.05, 0) is 50.2 Å². The summed E-state index contributed by atoms with van der Waals surface area (Å²) in [6.07, 6.45) is 14.0. The van der Waals surface area contributed by atoms with E-state index < -0.39 is 6.04 Å². The predicted octanol–water partition coefficient (Wildman–Crippen LogP) is 3.41. The van der Waals surface area contributed by atoms with E-state index >= 15 is 0 Å². The van der Waals surface area contributed by atoms with Gasteiger partial charge in [-0.15, -0.1) is 0 Å². The van der Waals surface area contributed by atoms with Crippen molar-refractivity contribution in [3.05, 3.63) is 60.2 Å². The minimum absolute atomic E-state index is 0.0573. The van der Waals surface area contributed by atoms with Gasteiger partial charge in [-0.25, -0.2) is 4.98 Å². The number of rotatable bonds is 7. The van der Waals surface area contributed by atoms with Gasteiger partial charge in [-0.2, -0.15) is 0 Å². The van der Waals surface area contributed by atoms with Crippen LogP contribution in [0.5, 0.6) is 0 Å². The summed E-state index contributed by atoms with van der Waals surface area (Å²) in [4.78, 5) is 31.9. The molecule has 1 N–H and O–H groups in total. The van der Waals surface area contributed by atoms with Crippen LogP contribution in [0.1, 0.15) is 50.1 Å². The van der Waals surface area contributed by atoms with Crippen molar-refractivity contribution in [2.24, 2.45) is 0 Å². The molecule has 0 spiro atoms. The molecule has 1 aromatic heterocycles. The quantitative estimate of drug-likeness (QED) is 0.735. The Morgan fingerprint density at radius 2 is 2.07 bits per heavy atom. The lowest BCUT2D eigenvalue weighted by Crippen LogP contribution is -2.39. The Bertz CT molecular complexity index is 888. The van der Waals surface area contributed by atoms with Crippen molar-refractivity contribution < 1.29 is 9.59 Å². The first-order valence-corrected chi connectivity index (χ1v) is 10.5. The van der Waals surface area contributed by atoms with Crippen LogP contribution in [-0.4, -0.2) is 34.5 Å². The summed E-state index contributed by atoms with van der Waals surface area (Å²) in [5.74, 6) is -0.154. The third-order valence-corrected chi connectivity index (χ3v) is 5.86. The third-order valence-electron chi connectivity index (χ3n) is 5.86. The number of aromatic nitrogens is 2. The standard InChI is InChI=1S/C23H28N4O2/c28-22(25-12-10-18-6-2-1-3-7-18)16-21(26-15-13-24-17-26)23(29)27-14-11-19-8-4-5-9-20(19)27/h4-6,8-9,13,15,17,21H,1-3,7,10-12,14,16H2,(H,25,28)/t21-/m1/s1. The lowest BCUT2D eigenvalue weighted by molar-refractivity contribution is -0.128. The molecule has 0 radical (unpaired) electrons. The number of carbonyl (C=O) groups excluding carboxylic acids is 2. The first-order chi connectivity index (χ1) is 14.2. The monoisotopic (exact) mass is 392 g/mol. The van der Waals surface area contributed by atoms with Crippen molar-refractivity contribution in [2.45, 2.75) is 51.0 Å².